The number of hydrogen-bond donors (Lipinski definition) is 0. The van der Waals surface area contributed by atoms with Crippen molar-refractivity contribution in [2.24, 2.45) is 11.8 Å². The molecule has 1 aliphatic heterocycles. The first-order valence-electron chi connectivity index (χ1n) is 20.0. The molecule has 2 heterocycles. The van der Waals surface area contributed by atoms with Crippen LogP contribution in [-0.4, -0.2) is 4.57 Å². The van der Waals surface area contributed by atoms with Crippen LogP contribution in [0.25, 0.3) is 23.8 Å². The molecule has 1 fully saturated rings. The van der Waals surface area contributed by atoms with Crippen LogP contribution in [0.2, 0.25) is 0 Å². The number of hydrogen-bond acceptors (Lipinski definition) is 3. The van der Waals surface area contributed by atoms with Gasteiger partial charge in [0.05, 0.1) is 10.6 Å². The maximum absolute atomic E-state index is 13.8. The van der Waals surface area contributed by atoms with Crippen LogP contribution in [0.15, 0.2) is 142 Å². The Morgan fingerprint density at radius 3 is 2.27 bits per heavy atom. The molecule has 55 heavy (non-hydrogen) atoms. The molecule has 2 aliphatic carbocycles. The lowest BCUT2D eigenvalue weighted by Gasteiger charge is -2.27. The van der Waals surface area contributed by atoms with Gasteiger partial charge in [0.25, 0.3) is 5.56 Å². The van der Waals surface area contributed by atoms with Gasteiger partial charge < -0.3 is 0 Å². The molecule has 0 spiro atoms. The minimum Gasteiger partial charge on any atom is -0.291 e. The molecule has 6 aromatic rings. The number of aromatic nitrogens is 1. The molecule has 0 N–H and O–H groups in total. The van der Waals surface area contributed by atoms with Gasteiger partial charge in [-0.1, -0.05) is 116 Å². The van der Waals surface area contributed by atoms with Crippen LogP contribution in [0.1, 0.15) is 89.5 Å². The topological polar surface area (TPSA) is 22.0 Å². The predicted molar refractivity (Wildman–Crippen MR) is 233 cm³/mol. The van der Waals surface area contributed by atoms with E-state index in [4.69, 9.17) is 0 Å². The highest BCUT2D eigenvalue weighted by Crippen LogP contribution is 2.49. The van der Waals surface area contributed by atoms with Gasteiger partial charge in [0.1, 0.15) is 9.56 Å². The number of aryl methyl sites for hydroxylation is 1. The van der Waals surface area contributed by atoms with Gasteiger partial charge in [-0.15, -0.1) is 11.3 Å². The highest BCUT2D eigenvalue weighted by molar-refractivity contribution is 8.03. The second-order valence-electron chi connectivity index (χ2n) is 15.3. The van der Waals surface area contributed by atoms with E-state index in [0.717, 1.165) is 51.0 Å². The molecular weight excluding hydrogens is 707 g/mol. The number of benzene rings is 5. The van der Waals surface area contributed by atoms with E-state index in [9.17, 15) is 4.79 Å². The number of allylic oxidation sites excluding steroid dienone is 1. The normalized spacial score (nSPS) is 19.2. The molecule has 1 saturated carbocycles. The third kappa shape index (κ3) is 7.65. The smallest absolute Gasteiger partial charge is 0.269 e. The number of fused-ring (bicyclic) bond motifs is 4. The van der Waals surface area contributed by atoms with Crippen molar-refractivity contribution < 1.29 is 0 Å². The lowest BCUT2D eigenvalue weighted by Crippen LogP contribution is -2.31. The maximum Gasteiger partial charge on any atom is 0.269 e. The maximum atomic E-state index is 13.8. The van der Waals surface area contributed by atoms with Gasteiger partial charge in [-0.05, 0) is 143 Å². The summed E-state index contributed by atoms with van der Waals surface area (Å²) in [6.45, 7) is 2.86. The van der Waals surface area contributed by atoms with Crippen molar-refractivity contribution in [3.63, 3.8) is 0 Å². The minimum absolute atomic E-state index is 0.117. The highest BCUT2D eigenvalue weighted by atomic mass is 32.2. The summed E-state index contributed by atoms with van der Waals surface area (Å²) < 4.78 is 3.78. The molecule has 0 amide bonds. The van der Waals surface area contributed by atoms with Crippen molar-refractivity contribution >= 4 is 46.9 Å². The van der Waals surface area contributed by atoms with Crippen molar-refractivity contribution in [1.29, 1.82) is 0 Å². The van der Waals surface area contributed by atoms with Crippen LogP contribution in [0.4, 0.5) is 0 Å². The SMILES string of the molecule is CCCn1c(=O)/c(=C\c2ccc3c(c2)C2CCCC2C(Cc2ccc(C=C(c4ccccc4)c4ccccc4)cc2)CC3)s/c1=C\C1=[C+]c2ccccc2S1. The fourth-order valence-electron chi connectivity index (χ4n) is 9.15. The number of rotatable bonds is 9. The molecule has 3 atom stereocenters. The first-order chi connectivity index (χ1) is 27.1. The summed E-state index contributed by atoms with van der Waals surface area (Å²) in [5.41, 5.74) is 11.8. The monoisotopic (exact) mass is 752 g/mol. The van der Waals surface area contributed by atoms with Crippen molar-refractivity contribution in [2.45, 2.75) is 69.2 Å². The van der Waals surface area contributed by atoms with E-state index in [0.29, 0.717) is 17.8 Å². The molecule has 1 aromatic heterocycles. The van der Waals surface area contributed by atoms with E-state index < -0.39 is 0 Å². The average Bonchev–Trinajstić information content (AvgIpc) is 3.93. The summed E-state index contributed by atoms with van der Waals surface area (Å²) in [5, 5.41) is 0. The summed E-state index contributed by atoms with van der Waals surface area (Å²) in [7, 11) is 0. The lowest BCUT2D eigenvalue weighted by molar-refractivity contribution is 0.300. The summed E-state index contributed by atoms with van der Waals surface area (Å²) in [4.78, 5) is 16.1. The van der Waals surface area contributed by atoms with Gasteiger partial charge in [0, 0.05) is 18.7 Å². The molecule has 9 rings (SSSR count). The first kappa shape index (κ1) is 35.7. The Morgan fingerprint density at radius 1 is 0.800 bits per heavy atom. The predicted octanol–water partition coefficient (Wildman–Crippen LogP) is 11.0. The molecule has 0 bridgehead atoms. The van der Waals surface area contributed by atoms with Crippen molar-refractivity contribution in [3.05, 3.63) is 202 Å². The second kappa shape index (κ2) is 16.0. The fraction of sp³-hybridized carbons (Fsp3) is 0.235. The number of thiazole rings is 1. The van der Waals surface area contributed by atoms with Crippen LogP contribution in [0, 0.1) is 17.9 Å². The summed E-state index contributed by atoms with van der Waals surface area (Å²) in [6, 6.07) is 46.2. The van der Waals surface area contributed by atoms with Crippen molar-refractivity contribution in [1.82, 2.24) is 4.57 Å². The zero-order valence-electron chi connectivity index (χ0n) is 31.4. The quantitative estimate of drug-likeness (QED) is 0.108. The lowest BCUT2D eigenvalue weighted by atomic mass is 9.78. The standard InChI is InChI=1S/C51H46NOS2/c1-2-28-52-50(34-43-33-42-16-9-10-19-48(42)54-43)55-49(51(52)53)32-37-24-25-40-26-27-41(44-17-11-18-45(44)47(40)31-37)29-35-20-22-36(23-21-35)30-46(38-12-5-3-6-13-38)39-14-7-4-8-15-39/h3-10,12-16,19-25,30-32,34,41,44-45H,2,11,17-18,26-29H2,1H3/q+1/b49-32+,50-34-. The van der Waals surface area contributed by atoms with E-state index in [1.165, 1.54) is 69.5 Å². The van der Waals surface area contributed by atoms with Gasteiger partial charge in [0.15, 0.2) is 10.5 Å². The Kier molecular flexibility index (Phi) is 10.4. The van der Waals surface area contributed by atoms with Gasteiger partial charge >= 0.3 is 0 Å². The highest BCUT2D eigenvalue weighted by Gasteiger charge is 2.37. The van der Waals surface area contributed by atoms with Crippen molar-refractivity contribution in [3.8, 4) is 0 Å². The Morgan fingerprint density at radius 2 is 1.53 bits per heavy atom. The van der Waals surface area contributed by atoms with E-state index >= 15 is 0 Å². The zero-order chi connectivity index (χ0) is 37.1. The number of nitrogens with zero attached hydrogens (tertiary/aromatic N) is 1. The van der Waals surface area contributed by atoms with Gasteiger partial charge in [-0.2, -0.15) is 0 Å². The molecule has 0 radical (unpaired) electrons. The van der Waals surface area contributed by atoms with Crippen molar-refractivity contribution in [2.75, 3.05) is 0 Å². The Hall–Kier alpha value is -4.99. The van der Waals surface area contributed by atoms with Gasteiger partial charge in [0.2, 0.25) is 0 Å². The second-order valence-corrected chi connectivity index (χ2v) is 17.5. The van der Waals surface area contributed by atoms with Crippen LogP contribution >= 0.6 is 23.1 Å². The van der Waals surface area contributed by atoms with E-state index in [1.54, 1.807) is 23.1 Å². The zero-order valence-corrected chi connectivity index (χ0v) is 33.1. The average molecular weight is 753 g/mol. The number of thioether (sulfide) groups is 1. The fourth-order valence-corrected chi connectivity index (χ4v) is 11.3. The third-order valence-corrected chi connectivity index (χ3v) is 13.9. The van der Waals surface area contributed by atoms with E-state index in [1.807, 2.05) is 4.57 Å². The van der Waals surface area contributed by atoms with Crippen LogP contribution < -0.4 is 14.8 Å². The summed E-state index contributed by atoms with van der Waals surface area (Å²) >= 11 is 3.35. The Bertz CT molecular complexity index is 2520. The van der Waals surface area contributed by atoms with Gasteiger partial charge in [-0.3, -0.25) is 9.36 Å². The van der Waals surface area contributed by atoms with E-state index in [2.05, 4.69) is 159 Å². The Balaban J connectivity index is 0.959. The molecule has 3 unspecified atom stereocenters. The molecule has 0 saturated heterocycles. The van der Waals surface area contributed by atoms with Crippen LogP contribution in [0.5, 0.6) is 0 Å². The van der Waals surface area contributed by atoms with Gasteiger partial charge in [-0.25, -0.2) is 0 Å². The molecule has 3 aliphatic rings. The molecule has 2 nitrogen and oxygen atoms in total. The molecule has 4 heteroatoms. The van der Waals surface area contributed by atoms with E-state index in [-0.39, 0.29) is 5.56 Å². The van der Waals surface area contributed by atoms with Crippen LogP contribution in [0.3, 0.4) is 0 Å². The molecule has 5 aromatic carbocycles. The third-order valence-electron chi connectivity index (χ3n) is 11.8. The Labute approximate surface area is 333 Å². The molecule has 272 valence electrons. The first-order valence-corrected chi connectivity index (χ1v) is 21.6. The van der Waals surface area contributed by atoms with Crippen LogP contribution in [-0.2, 0) is 19.4 Å². The summed E-state index contributed by atoms with van der Waals surface area (Å²) in [6.07, 6.45) is 18.4. The summed E-state index contributed by atoms with van der Waals surface area (Å²) in [5.74, 6) is 1.95. The molecular formula is C51H46NOS2+. The largest absolute Gasteiger partial charge is 0.291 e. The minimum atomic E-state index is 0.117.